The largest absolute Gasteiger partial charge is 0.332 e. The first kappa shape index (κ1) is 25.6. The van der Waals surface area contributed by atoms with Crippen molar-refractivity contribution in [1.29, 1.82) is 0 Å². The molecule has 194 valence electrons. The summed E-state index contributed by atoms with van der Waals surface area (Å²) >= 11 is 3.47. The highest BCUT2D eigenvalue weighted by atomic mass is 32.2. The fourth-order valence-corrected chi connectivity index (χ4v) is 6.23. The average Bonchev–Trinajstić information content (AvgIpc) is 3.59. The lowest BCUT2D eigenvalue weighted by atomic mass is 10.2. The molecule has 38 heavy (non-hydrogen) atoms. The van der Waals surface area contributed by atoms with Crippen LogP contribution < -0.4 is 16.6 Å². The fourth-order valence-electron chi connectivity index (χ4n) is 3.58. The Kier molecular flexibility index (Phi) is 6.72. The molecular weight excluding hydrogens is 554 g/mol. The van der Waals surface area contributed by atoms with Gasteiger partial charge in [-0.05, 0) is 54.2 Å². The SMILES string of the molecule is CCn1c(Sc2nnc(/N=C3\NC(=O)/C(=C/c4ccc([N+](=O)[O-])cc4)S3)s2)nc2c1c(=O)n(C)c(=O)n2C. The zero-order valence-corrected chi connectivity index (χ0v) is 22.4. The predicted molar refractivity (Wildman–Crippen MR) is 144 cm³/mol. The molecule has 0 saturated carbocycles. The van der Waals surface area contributed by atoms with Crippen LogP contribution in [0.15, 0.2) is 53.2 Å². The lowest BCUT2D eigenvalue weighted by Crippen LogP contribution is -2.37. The number of carbonyl (C=O) groups excluding carboxylic acids is 1. The van der Waals surface area contributed by atoms with Gasteiger partial charge in [-0.2, -0.15) is 4.99 Å². The molecule has 0 radical (unpaired) electrons. The number of nitrogens with zero attached hydrogens (tertiary/aromatic N) is 8. The summed E-state index contributed by atoms with van der Waals surface area (Å²) in [5, 5.41) is 22.8. The summed E-state index contributed by atoms with van der Waals surface area (Å²) in [5.74, 6) is -0.352. The van der Waals surface area contributed by atoms with Crippen molar-refractivity contribution < 1.29 is 9.72 Å². The number of aromatic nitrogens is 6. The molecule has 1 aliphatic rings. The number of fused-ring (bicyclic) bond motifs is 1. The summed E-state index contributed by atoms with van der Waals surface area (Å²) in [4.78, 5) is 57.0. The molecule has 1 fully saturated rings. The highest BCUT2D eigenvalue weighted by molar-refractivity contribution is 8.18. The first-order valence-corrected chi connectivity index (χ1v) is 13.3. The average molecular weight is 572 g/mol. The van der Waals surface area contributed by atoms with E-state index in [1.807, 2.05) is 6.92 Å². The lowest BCUT2D eigenvalue weighted by Gasteiger charge is -2.05. The predicted octanol–water partition coefficient (Wildman–Crippen LogP) is 2.26. The van der Waals surface area contributed by atoms with E-state index in [1.165, 1.54) is 46.8 Å². The van der Waals surface area contributed by atoms with Crippen LogP contribution in [0.25, 0.3) is 17.2 Å². The van der Waals surface area contributed by atoms with Gasteiger partial charge in [-0.1, -0.05) is 11.3 Å². The number of aliphatic imine (C=N–C) groups is 1. The van der Waals surface area contributed by atoms with Gasteiger partial charge in [0, 0.05) is 32.8 Å². The number of amidine groups is 1. The molecule has 14 nitrogen and oxygen atoms in total. The van der Waals surface area contributed by atoms with Crippen LogP contribution in [0.4, 0.5) is 10.8 Å². The molecule has 17 heteroatoms. The molecular formula is C21H17N9O5S3. The number of hydrogen-bond donors (Lipinski definition) is 1. The van der Waals surface area contributed by atoms with Crippen LogP contribution in [0.3, 0.4) is 0 Å². The van der Waals surface area contributed by atoms with E-state index in [0.717, 1.165) is 16.3 Å². The second-order valence-corrected chi connectivity index (χ2v) is 11.0. The number of nitro groups is 1. The van der Waals surface area contributed by atoms with Crippen LogP contribution in [-0.4, -0.2) is 44.9 Å². The third-order valence-corrected chi connectivity index (χ3v) is 8.23. The summed E-state index contributed by atoms with van der Waals surface area (Å²) in [6, 6.07) is 5.84. The summed E-state index contributed by atoms with van der Waals surface area (Å²) in [5.41, 5.74) is 0.304. The van der Waals surface area contributed by atoms with Gasteiger partial charge >= 0.3 is 5.69 Å². The topological polar surface area (TPSA) is 172 Å². The van der Waals surface area contributed by atoms with Crippen LogP contribution in [0.1, 0.15) is 12.5 Å². The Balaban J connectivity index is 1.37. The van der Waals surface area contributed by atoms with Gasteiger partial charge in [0.25, 0.3) is 17.2 Å². The highest BCUT2D eigenvalue weighted by Crippen LogP contribution is 2.35. The minimum atomic E-state index is -0.491. The minimum Gasteiger partial charge on any atom is -0.313 e. The molecule has 0 bridgehead atoms. The maximum atomic E-state index is 12.7. The number of hydrogen-bond acceptors (Lipinski definition) is 12. The van der Waals surface area contributed by atoms with Crippen LogP contribution in [0.2, 0.25) is 0 Å². The highest BCUT2D eigenvalue weighted by Gasteiger charge is 2.25. The first-order chi connectivity index (χ1) is 18.2. The van der Waals surface area contributed by atoms with Crippen molar-refractivity contribution in [2.75, 3.05) is 0 Å². The molecule has 1 N–H and O–H groups in total. The number of nitro benzene ring substituents is 1. The molecule has 4 heterocycles. The smallest absolute Gasteiger partial charge is 0.313 e. The zero-order valence-electron chi connectivity index (χ0n) is 19.9. The first-order valence-electron chi connectivity index (χ1n) is 10.9. The van der Waals surface area contributed by atoms with Gasteiger partial charge in [0.1, 0.15) is 0 Å². The number of imidazole rings is 1. The number of carbonyl (C=O) groups is 1. The van der Waals surface area contributed by atoms with E-state index in [1.54, 1.807) is 29.8 Å². The molecule has 3 aromatic heterocycles. The maximum Gasteiger partial charge on any atom is 0.332 e. The molecule has 5 rings (SSSR count). The van der Waals surface area contributed by atoms with Crippen molar-refractivity contribution in [3.63, 3.8) is 0 Å². The standard InChI is InChI=1S/C21H17N9O5S3/c1-4-29-13-14(27(2)21(33)28(3)16(13)32)22-19(29)38-20-26-25-18(37-20)24-17-23-15(31)12(36-17)9-10-5-7-11(8-6-10)30(34)35/h5-9H,4H2,1-3H3,(H,23,24,25,31)/b12-9-. The van der Waals surface area contributed by atoms with Crippen LogP contribution in [0, 0.1) is 10.1 Å². The summed E-state index contributed by atoms with van der Waals surface area (Å²) < 4.78 is 4.59. The number of non-ortho nitro benzene ring substituents is 1. The number of nitrogens with one attached hydrogen (secondary N) is 1. The molecule has 0 unspecified atom stereocenters. The third-order valence-electron chi connectivity index (χ3n) is 5.45. The Morgan fingerprint density at radius 2 is 1.89 bits per heavy atom. The number of benzene rings is 1. The van der Waals surface area contributed by atoms with Crippen molar-refractivity contribution in [3.8, 4) is 0 Å². The molecule has 4 aromatic rings. The number of thioether (sulfide) groups is 1. The summed E-state index contributed by atoms with van der Waals surface area (Å²) in [6.45, 7) is 2.32. The Morgan fingerprint density at radius 1 is 1.16 bits per heavy atom. The van der Waals surface area contributed by atoms with E-state index < -0.39 is 16.2 Å². The normalized spacial score (nSPS) is 15.6. The van der Waals surface area contributed by atoms with Crippen LogP contribution in [-0.2, 0) is 25.4 Å². The second-order valence-electron chi connectivity index (χ2n) is 7.80. The molecule has 1 amide bonds. The zero-order chi connectivity index (χ0) is 27.1. The number of amides is 1. The van der Waals surface area contributed by atoms with E-state index >= 15 is 0 Å². The van der Waals surface area contributed by atoms with E-state index in [4.69, 9.17) is 0 Å². The van der Waals surface area contributed by atoms with E-state index in [2.05, 4.69) is 25.5 Å². The Morgan fingerprint density at radius 3 is 2.58 bits per heavy atom. The van der Waals surface area contributed by atoms with Gasteiger partial charge in [0.15, 0.2) is 25.8 Å². The van der Waals surface area contributed by atoms with Gasteiger partial charge in [0.05, 0.1) is 9.83 Å². The second kappa shape index (κ2) is 9.99. The van der Waals surface area contributed by atoms with Gasteiger partial charge in [-0.15, -0.1) is 10.2 Å². The van der Waals surface area contributed by atoms with Crippen molar-refractivity contribution in [2.24, 2.45) is 19.1 Å². The molecule has 1 aliphatic heterocycles. The van der Waals surface area contributed by atoms with Crippen molar-refractivity contribution >= 4 is 74.0 Å². The lowest BCUT2D eigenvalue weighted by molar-refractivity contribution is -0.384. The molecule has 0 spiro atoms. The molecule has 0 atom stereocenters. The van der Waals surface area contributed by atoms with Crippen LogP contribution >= 0.6 is 34.9 Å². The Hall–Kier alpha value is -4.09. The quantitative estimate of drug-likeness (QED) is 0.205. The summed E-state index contributed by atoms with van der Waals surface area (Å²) in [7, 11) is 2.98. The van der Waals surface area contributed by atoms with Crippen LogP contribution in [0.5, 0.6) is 0 Å². The third kappa shape index (κ3) is 4.66. The minimum absolute atomic E-state index is 0.0381. The fraction of sp³-hybridized carbons (Fsp3) is 0.190. The van der Waals surface area contributed by atoms with Gasteiger partial charge < -0.3 is 9.88 Å². The van der Waals surface area contributed by atoms with Crippen molar-refractivity contribution in [2.45, 2.75) is 23.0 Å². The molecule has 1 saturated heterocycles. The molecule has 1 aromatic carbocycles. The van der Waals surface area contributed by atoms with Crippen molar-refractivity contribution in [3.05, 3.63) is 65.7 Å². The molecule has 0 aliphatic carbocycles. The maximum absolute atomic E-state index is 12.7. The van der Waals surface area contributed by atoms with E-state index in [0.29, 0.717) is 42.3 Å². The van der Waals surface area contributed by atoms with Gasteiger partial charge in [-0.25, -0.2) is 9.78 Å². The summed E-state index contributed by atoms with van der Waals surface area (Å²) in [6.07, 6.45) is 1.61. The number of aryl methyl sites for hydroxylation is 2. The monoisotopic (exact) mass is 571 g/mol. The van der Waals surface area contributed by atoms with E-state index in [-0.39, 0.29) is 17.2 Å². The van der Waals surface area contributed by atoms with Gasteiger partial charge in [0.2, 0.25) is 5.13 Å². The number of rotatable bonds is 6. The Bertz CT molecular complexity index is 1800. The van der Waals surface area contributed by atoms with Gasteiger partial charge in [-0.3, -0.25) is 28.8 Å². The Labute approximate surface area is 225 Å². The van der Waals surface area contributed by atoms with E-state index in [9.17, 15) is 24.5 Å². The van der Waals surface area contributed by atoms with Crippen molar-refractivity contribution in [1.82, 2.24) is 34.2 Å².